The van der Waals surface area contributed by atoms with Gasteiger partial charge in [0.25, 0.3) is 5.91 Å². The summed E-state index contributed by atoms with van der Waals surface area (Å²) in [5.74, 6) is 6.62. The number of aromatic nitrogens is 1. The summed E-state index contributed by atoms with van der Waals surface area (Å²) in [6, 6.07) is 1.80. The van der Waals surface area contributed by atoms with E-state index < -0.39 is 0 Å². The molecule has 1 saturated carbocycles. The number of halogens is 1. The third kappa shape index (κ3) is 3.22. The minimum Gasteiger partial charge on any atom is -0.349 e. The normalized spacial score (nSPS) is 26.1. The van der Waals surface area contributed by atoms with Crippen molar-refractivity contribution in [2.45, 2.75) is 39.2 Å². The molecule has 3 atom stereocenters. The molecule has 0 spiro atoms. The first-order valence-electron chi connectivity index (χ1n) is 6.96. The standard InChI is InChI=1S/C14H21ClN4O/c1-8-4-3-5-12(9(8)2)18-14(20)10-6-11(15)13(19-16)17-7-10/h6-9,12H,3-5,16H2,1-2H3,(H,17,19)(H,18,20). The molecule has 0 saturated heterocycles. The van der Waals surface area contributed by atoms with Crippen molar-refractivity contribution in [3.8, 4) is 0 Å². The van der Waals surface area contributed by atoms with E-state index in [1.807, 2.05) is 0 Å². The van der Waals surface area contributed by atoms with Gasteiger partial charge >= 0.3 is 0 Å². The lowest BCUT2D eigenvalue weighted by Crippen LogP contribution is -2.43. The second-order valence-electron chi connectivity index (χ2n) is 5.55. The van der Waals surface area contributed by atoms with Crippen LogP contribution >= 0.6 is 11.6 Å². The van der Waals surface area contributed by atoms with Gasteiger partial charge in [0, 0.05) is 12.2 Å². The van der Waals surface area contributed by atoms with Crippen LogP contribution in [0.4, 0.5) is 5.82 Å². The number of hydrazine groups is 1. The van der Waals surface area contributed by atoms with Gasteiger partial charge in [0.05, 0.1) is 10.6 Å². The molecule has 0 aromatic carbocycles. The van der Waals surface area contributed by atoms with Crippen molar-refractivity contribution in [2.75, 3.05) is 5.43 Å². The number of carbonyl (C=O) groups excluding carboxylic acids is 1. The zero-order valence-electron chi connectivity index (χ0n) is 11.8. The second-order valence-corrected chi connectivity index (χ2v) is 5.95. The fourth-order valence-corrected chi connectivity index (χ4v) is 2.93. The fourth-order valence-electron chi connectivity index (χ4n) is 2.71. The monoisotopic (exact) mass is 296 g/mol. The molecule has 4 N–H and O–H groups in total. The molecule has 1 aromatic heterocycles. The van der Waals surface area contributed by atoms with Gasteiger partial charge in [0.2, 0.25) is 0 Å². The Morgan fingerprint density at radius 2 is 2.20 bits per heavy atom. The van der Waals surface area contributed by atoms with E-state index in [2.05, 4.69) is 29.6 Å². The number of nitrogen functional groups attached to an aromatic ring is 1. The van der Waals surface area contributed by atoms with E-state index in [1.54, 1.807) is 6.07 Å². The minimum atomic E-state index is -0.131. The number of carbonyl (C=O) groups is 1. The van der Waals surface area contributed by atoms with Crippen molar-refractivity contribution in [2.24, 2.45) is 17.7 Å². The van der Waals surface area contributed by atoms with Gasteiger partial charge in [-0.2, -0.15) is 0 Å². The third-order valence-electron chi connectivity index (χ3n) is 4.26. The number of rotatable bonds is 3. The molecule has 1 aromatic rings. The molecule has 6 heteroatoms. The van der Waals surface area contributed by atoms with Gasteiger partial charge in [0.15, 0.2) is 5.82 Å². The molecule has 1 heterocycles. The van der Waals surface area contributed by atoms with Crippen LogP contribution < -0.4 is 16.6 Å². The van der Waals surface area contributed by atoms with E-state index in [4.69, 9.17) is 17.4 Å². The van der Waals surface area contributed by atoms with E-state index in [0.29, 0.717) is 28.2 Å². The number of hydrogen-bond acceptors (Lipinski definition) is 4. The van der Waals surface area contributed by atoms with Gasteiger partial charge < -0.3 is 10.7 Å². The number of nitrogens with one attached hydrogen (secondary N) is 2. The zero-order chi connectivity index (χ0) is 14.7. The Balaban J connectivity index is 2.06. The first kappa shape index (κ1) is 15.1. The van der Waals surface area contributed by atoms with Gasteiger partial charge in [0.1, 0.15) is 0 Å². The topological polar surface area (TPSA) is 80.0 Å². The highest BCUT2D eigenvalue weighted by Crippen LogP contribution is 2.29. The number of anilines is 1. The molecule has 1 aliphatic rings. The van der Waals surface area contributed by atoms with E-state index in [-0.39, 0.29) is 11.9 Å². The van der Waals surface area contributed by atoms with E-state index in [1.165, 1.54) is 12.6 Å². The lowest BCUT2D eigenvalue weighted by atomic mass is 9.78. The first-order chi connectivity index (χ1) is 9.52. The molecule has 1 fully saturated rings. The molecule has 0 radical (unpaired) electrons. The summed E-state index contributed by atoms with van der Waals surface area (Å²) in [4.78, 5) is 16.3. The predicted molar refractivity (Wildman–Crippen MR) is 80.5 cm³/mol. The summed E-state index contributed by atoms with van der Waals surface area (Å²) in [7, 11) is 0. The van der Waals surface area contributed by atoms with E-state index >= 15 is 0 Å². The summed E-state index contributed by atoms with van der Waals surface area (Å²) >= 11 is 5.98. The largest absolute Gasteiger partial charge is 0.349 e. The number of nitrogens with zero attached hydrogens (tertiary/aromatic N) is 1. The van der Waals surface area contributed by atoms with Crippen LogP contribution in [0.5, 0.6) is 0 Å². The minimum absolute atomic E-state index is 0.131. The molecular formula is C14H21ClN4O. The molecule has 0 bridgehead atoms. The maximum absolute atomic E-state index is 12.3. The van der Waals surface area contributed by atoms with Crippen molar-refractivity contribution >= 4 is 23.3 Å². The zero-order valence-corrected chi connectivity index (χ0v) is 12.6. The fraction of sp³-hybridized carbons (Fsp3) is 0.571. The molecule has 0 aliphatic heterocycles. The van der Waals surface area contributed by atoms with E-state index in [0.717, 1.165) is 12.8 Å². The van der Waals surface area contributed by atoms with Crippen molar-refractivity contribution in [1.29, 1.82) is 0 Å². The molecular weight excluding hydrogens is 276 g/mol. The Morgan fingerprint density at radius 3 is 2.85 bits per heavy atom. The molecule has 2 rings (SSSR count). The molecule has 1 amide bonds. The van der Waals surface area contributed by atoms with Crippen LogP contribution in [0.25, 0.3) is 0 Å². The summed E-state index contributed by atoms with van der Waals surface area (Å²) in [6.45, 7) is 4.44. The van der Waals surface area contributed by atoms with Crippen molar-refractivity contribution in [3.63, 3.8) is 0 Å². The Bertz CT molecular complexity index is 494. The van der Waals surface area contributed by atoms with Crippen LogP contribution in [0.2, 0.25) is 5.02 Å². The SMILES string of the molecule is CC1CCCC(NC(=O)c2cnc(NN)c(Cl)c2)C1C. The lowest BCUT2D eigenvalue weighted by molar-refractivity contribution is 0.0890. The van der Waals surface area contributed by atoms with Gasteiger partial charge in [-0.15, -0.1) is 0 Å². The van der Waals surface area contributed by atoms with Gasteiger partial charge in [-0.1, -0.05) is 38.3 Å². The van der Waals surface area contributed by atoms with Crippen molar-refractivity contribution < 1.29 is 4.79 Å². The first-order valence-corrected chi connectivity index (χ1v) is 7.33. The number of pyridine rings is 1. The third-order valence-corrected chi connectivity index (χ3v) is 4.55. The molecule has 3 unspecified atom stereocenters. The summed E-state index contributed by atoms with van der Waals surface area (Å²) in [6.07, 6.45) is 4.90. The highest BCUT2D eigenvalue weighted by Gasteiger charge is 2.28. The number of hydrogen-bond donors (Lipinski definition) is 3. The van der Waals surface area contributed by atoms with E-state index in [9.17, 15) is 4.79 Å². The molecule has 5 nitrogen and oxygen atoms in total. The van der Waals surface area contributed by atoms with Crippen LogP contribution in [-0.4, -0.2) is 16.9 Å². The Morgan fingerprint density at radius 1 is 1.45 bits per heavy atom. The Labute approximate surface area is 124 Å². The average Bonchev–Trinajstić information content (AvgIpc) is 2.43. The van der Waals surface area contributed by atoms with Crippen molar-refractivity contribution in [3.05, 3.63) is 22.8 Å². The van der Waals surface area contributed by atoms with Gasteiger partial charge in [-0.25, -0.2) is 10.8 Å². The highest BCUT2D eigenvalue weighted by molar-refractivity contribution is 6.33. The average molecular weight is 297 g/mol. The van der Waals surface area contributed by atoms with Gasteiger partial charge in [-0.3, -0.25) is 4.79 Å². The van der Waals surface area contributed by atoms with Crippen molar-refractivity contribution in [1.82, 2.24) is 10.3 Å². The van der Waals surface area contributed by atoms with Crippen LogP contribution in [0.3, 0.4) is 0 Å². The van der Waals surface area contributed by atoms with Gasteiger partial charge in [-0.05, 0) is 24.3 Å². The second kappa shape index (κ2) is 6.41. The highest BCUT2D eigenvalue weighted by atomic mass is 35.5. The van der Waals surface area contributed by atoms with Crippen LogP contribution in [0, 0.1) is 11.8 Å². The summed E-state index contributed by atoms with van der Waals surface area (Å²) in [5, 5.41) is 3.43. The maximum Gasteiger partial charge on any atom is 0.253 e. The Hall–Kier alpha value is -1.33. The number of nitrogens with two attached hydrogens (primary N) is 1. The van der Waals surface area contributed by atoms with Crippen LogP contribution in [-0.2, 0) is 0 Å². The summed E-state index contributed by atoms with van der Waals surface area (Å²) < 4.78 is 0. The molecule has 1 aliphatic carbocycles. The Kier molecular flexibility index (Phi) is 4.83. The quantitative estimate of drug-likeness (QED) is 0.591. The van der Waals surface area contributed by atoms with Crippen LogP contribution in [0.1, 0.15) is 43.5 Å². The molecule has 110 valence electrons. The number of amides is 1. The molecule has 20 heavy (non-hydrogen) atoms. The van der Waals surface area contributed by atoms with Crippen LogP contribution in [0.15, 0.2) is 12.3 Å². The smallest absolute Gasteiger partial charge is 0.253 e. The lowest BCUT2D eigenvalue weighted by Gasteiger charge is -2.34. The maximum atomic E-state index is 12.3. The predicted octanol–water partition coefficient (Wildman–Crippen LogP) is 2.58. The summed E-state index contributed by atoms with van der Waals surface area (Å²) in [5.41, 5.74) is 2.84.